The zero-order chi connectivity index (χ0) is 25.7. The molecule has 0 heterocycles. The molecular weight excluding hydrogens is 491 g/mol. The van der Waals surface area contributed by atoms with E-state index in [1.807, 2.05) is 0 Å². The van der Waals surface area contributed by atoms with Crippen molar-refractivity contribution < 1.29 is 77.2 Å². The number of halogens is 13. The van der Waals surface area contributed by atoms with Crippen LogP contribution in [0.1, 0.15) is 19.3 Å². The molecule has 4 nitrogen and oxygen atoms in total. The molecule has 4 atom stereocenters. The standard InChI is InChI=1S/C15H13F13O4/c16-8(9(29)30)3-5-1-6(10(17,18)12(21,31)14(23,24)25)4-7(2-5)11(19,20)13(22,32)15(26,27)28/h3,5-7,31-32H,1-2,4H2,(H,29,30). The zero-order valence-electron chi connectivity index (χ0n) is 15.1. The lowest BCUT2D eigenvalue weighted by atomic mass is 9.68. The van der Waals surface area contributed by atoms with Crippen molar-refractivity contribution >= 4 is 5.97 Å². The summed E-state index contributed by atoms with van der Waals surface area (Å²) < 4.78 is 172. The molecule has 1 saturated carbocycles. The number of aliphatic hydroxyl groups is 2. The van der Waals surface area contributed by atoms with Crippen LogP contribution in [-0.2, 0) is 4.79 Å². The van der Waals surface area contributed by atoms with Crippen molar-refractivity contribution in [3.05, 3.63) is 11.9 Å². The van der Waals surface area contributed by atoms with Gasteiger partial charge in [0.25, 0.3) is 0 Å². The van der Waals surface area contributed by atoms with Crippen LogP contribution in [-0.4, -0.2) is 57.2 Å². The molecule has 1 fully saturated rings. The van der Waals surface area contributed by atoms with Crippen LogP contribution in [0, 0.1) is 17.8 Å². The maximum absolute atomic E-state index is 14.1. The van der Waals surface area contributed by atoms with Crippen LogP contribution in [0.15, 0.2) is 11.9 Å². The van der Waals surface area contributed by atoms with Gasteiger partial charge in [-0.05, 0) is 31.3 Å². The van der Waals surface area contributed by atoms with Gasteiger partial charge in [0.05, 0.1) is 0 Å². The van der Waals surface area contributed by atoms with Gasteiger partial charge in [-0.2, -0.15) is 57.1 Å². The summed E-state index contributed by atoms with van der Waals surface area (Å²) in [5.41, 5.74) is 0. The van der Waals surface area contributed by atoms with Gasteiger partial charge in [-0.3, -0.25) is 0 Å². The van der Waals surface area contributed by atoms with Gasteiger partial charge in [0.1, 0.15) is 0 Å². The van der Waals surface area contributed by atoms with E-state index in [1.165, 1.54) is 0 Å². The first-order valence-electron chi connectivity index (χ1n) is 8.23. The Morgan fingerprint density at radius 3 is 1.25 bits per heavy atom. The number of carboxylic acids is 1. The third kappa shape index (κ3) is 4.77. The largest absolute Gasteiger partial charge is 0.476 e. The van der Waals surface area contributed by atoms with E-state index >= 15 is 0 Å². The highest BCUT2D eigenvalue weighted by Gasteiger charge is 2.77. The highest BCUT2D eigenvalue weighted by atomic mass is 19.4. The summed E-state index contributed by atoms with van der Waals surface area (Å²) in [6.45, 7) is 0. The Bertz CT molecular complexity index is 693. The van der Waals surface area contributed by atoms with E-state index in [0.29, 0.717) is 0 Å². The monoisotopic (exact) mass is 504 g/mol. The van der Waals surface area contributed by atoms with Crippen LogP contribution in [0.5, 0.6) is 0 Å². The van der Waals surface area contributed by atoms with E-state index in [0.717, 1.165) is 0 Å². The van der Waals surface area contributed by atoms with Crippen molar-refractivity contribution in [1.29, 1.82) is 0 Å². The topological polar surface area (TPSA) is 77.8 Å². The molecule has 0 aliphatic heterocycles. The second-order valence-electron chi connectivity index (χ2n) is 7.17. The van der Waals surface area contributed by atoms with Gasteiger partial charge in [0.2, 0.25) is 5.83 Å². The van der Waals surface area contributed by atoms with Gasteiger partial charge in [0, 0.05) is 11.8 Å². The quantitative estimate of drug-likeness (QED) is 0.363. The lowest BCUT2D eigenvalue weighted by Crippen LogP contribution is -2.62. The van der Waals surface area contributed by atoms with E-state index in [9.17, 15) is 61.9 Å². The fourth-order valence-corrected chi connectivity index (χ4v) is 3.29. The van der Waals surface area contributed by atoms with Gasteiger partial charge in [-0.15, -0.1) is 0 Å². The zero-order valence-corrected chi connectivity index (χ0v) is 15.1. The Morgan fingerprint density at radius 1 is 0.688 bits per heavy atom. The minimum Gasteiger partial charge on any atom is -0.476 e. The lowest BCUT2D eigenvalue weighted by Gasteiger charge is -2.44. The second-order valence-corrected chi connectivity index (χ2v) is 7.17. The van der Waals surface area contributed by atoms with Crippen LogP contribution in [0.25, 0.3) is 0 Å². The SMILES string of the molecule is O=C(O)C(F)=CC1CC(C(F)(F)C(O)(F)C(F)(F)F)CC(C(F)(F)C(O)(F)C(F)(F)F)C1. The molecule has 1 aliphatic carbocycles. The lowest BCUT2D eigenvalue weighted by molar-refractivity contribution is -0.408. The molecule has 0 spiro atoms. The third-order valence-corrected chi connectivity index (χ3v) is 4.99. The summed E-state index contributed by atoms with van der Waals surface area (Å²) in [6, 6.07) is 0. The van der Waals surface area contributed by atoms with E-state index in [2.05, 4.69) is 0 Å². The molecule has 0 amide bonds. The van der Waals surface area contributed by atoms with Gasteiger partial charge in [0.15, 0.2) is 0 Å². The van der Waals surface area contributed by atoms with E-state index < -0.39 is 84.7 Å². The van der Waals surface area contributed by atoms with Gasteiger partial charge in [-0.1, -0.05) is 0 Å². The van der Waals surface area contributed by atoms with Crippen LogP contribution < -0.4 is 0 Å². The smallest absolute Gasteiger partial charge is 0.454 e. The van der Waals surface area contributed by atoms with Crippen LogP contribution in [0.4, 0.5) is 57.1 Å². The Kier molecular flexibility index (Phi) is 7.25. The normalized spacial score (nSPS) is 28.1. The molecule has 0 aromatic heterocycles. The van der Waals surface area contributed by atoms with Gasteiger partial charge < -0.3 is 15.3 Å². The Labute approximate surface area is 169 Å². The molecule has 0 saturated heterocycles. The Balaban J connectivity index is 3.56. The summed E-state index contributed by atoms with van der Waals surface area (Å²) in [6.07, 6.45) is -19.2. The molecule has 4 unspecified atom stereocenters. The molecule has 0 aromatic carbocycles. The predicted octanol–water partition coefficient (Wildman–Crippen LogP) is 4.67. The van der Waals surface area contributed by atoms with Crippen LogP contribution in [0.2, 0.25) is 0 Å². The van der Waals surface area contributed by atoms with Crippen molar-refractivity contribution in [2.24, 2.45) is 17.8 Å². The average Bonchev–Trinajstić information content (AvgIpc) is 2.58. The van der Waals surface area contributed by atoms with Crippen molar-refractivity contribution in [3.8, 4) is 0 Å². The van der Waals surface area contributed by atoms with Crippen molar-refractivity contribution in [3.63, 3.8) is 0 Å². The number of allylic oxidation sites excluding steroid dienone is 1. The van der Waals surface area contributed by atoms with E-state index in [-0.39, 0.29) is 6.08 Å². The highest BCUT2D eigenvalue weighted by Crippen LogP contribution is 2.57. The van der Waals surface area contributed by atoms with Crippen molar-refractivity contribution in [2.45, 2.75) is 55.2 Å². The minimum atomic E-state index is -6.74. The molecule has 3 N–H and O–H groups in total. The van der Waals surface area contributed by atoms with E-state index in [4.69, 9.17) is 15.3 Å². The number of alkyl halides is 12. The fourth-order valence-electron chi connectivity index (χ4n) is 3.29. The molecule has 0 aromatic rings. The first-order valence-corrected chi connectivity index (χ1v) is 8.23. The van der Waals surface area contributed by atoms with Crippen molar-refractivity contribution in [2.75, 3.05) is 0 Å². The molecular formula is C15H13F13O4. The molecule has 32 heavy (non-hydrogen) atoms. The Hall–Kier alpha value is -1.78. The minimum absolute atomic E-state index is 0.233. The molecule has 0 radical (unpaired) electrons. The summed E-state index contributed by atoms with van der Waals surface area (Å²) in [7, 11) is 0. The third-order valence-electron chi connectivity index (χ3n) is 4.99. The van der Waals surface area contributed by atoms with Crippen molar-refractivity contribution in [1.82, 2.24) is 0 Å². The van der Waals surface area contributed by atoms with Gasteiger partial charge >= 0.3 is 41.9 Å². The average molecular weight is 504 g/mol. The highest BCUT2D eigenvalue weighted by molar-refractivity contribution is 5.83. The first-order chi connectivity index (χ1) is 13.9. The number of hydrogen-bond acceptors (Lipinski definition) is 3. The number of carboxylic acid groups (broad SMARTS) is 1. The maximum Gasteiger partial charge on any atom is 0.454 e. The second kappa shape index (κ2) is 8.22. The summed E-state index contributed by atoms with van der Waals surface area (Å²) in [4.78, 5) is 10.5. The number of rotatable bonds is 6. The van der Waals surface area contributed by atoms with E-state index in [1.54, 1.807) is 0 Å². The molecule has 0 bridgehead atoms. The molecule has 17 heteroatoms. The fraction of sp³-hybridized carbons (Fsp3) is 0.800. The molecule has 1 rings (SSSR count). The molecule has 188 valence electrons. The molecule has 1 aliphatic rings. The predicted molar refractivity (Wildman–Crippen MR) is 75.3 cm³/mol. The Morgan fingerprint density at radius 2 is 1.00 bits per heavy atom. The number of aliphatic carboxylic acids is 1. The summed E-state index contributed by atoms with van der Waals surface area (Å²) in [5, 5.41) is 25.7. The van der Waals surface area contributed by atoms with Gasteiger partial charge in [-0.25, -0.2) is 4.79 Å². The number of carbonyl (C=O) groups is 1. The van der Waals surface area contributed by atoms with Crippen LogP contribution >= 0.6 is 0 Å². The first kappa shape index (κ1) is 28.3. The maximum atomic E-state index is 14.1. The van der Waals surface area contributed by atoms with Crippen LogP contribution in [0.3, 0.4) is 0 Å². The summed E-state index contributed by atoms with van der Waals surface area (Å²) >= 11 is 0. The summed E-state index contributed by atoms with van der Waals surface area (Å²) in [5.74, 6) is -38.7. The number of hydrogen-bond donors (Lipinski definition) is 3.